The first-order valence-electron chi connectivity index (χ1n) is 6.50. The number of aromatic carboxylic acids is 1. The van der Waals surface area contributed by atoms with Gasteiger partial charge in [0.05, 0.1) is 11.3 Å². The van der Waals surface area contributed by atoms with E-state index in [-0.39, 0.29) is 5.56 Å². The largest absolute Gasteiger partial charge is 0.478 e. The van der Waals surface area contributed by atoms with E-state index in [0.717, 1.165) is 16.9 Å². The molecule has 106 valence electrons. The Morgan fingerprint density at radius 1 is 1.38 bits per heavy atom. The fourth-order valence-corrected chi connectivity index (χ4v) is 2.15. The molecule has 0 spiro atoms. The first kappa shape index (κ1) is 13.1. The molecule has 0 amide bonds. The van der Waals surface area contributed by atoms with Gasteiger partial charge in [-0.1, -0.05) is 12.1 Å². The van der Waals surface area contributed by atoms with Crippen LogP contribution in [0.3, 0.4) is 0 Å². The number of nitrogens with zero attached hydrogens (tertiary/aromatic N) is 3. The van der Waals surface area contributed by atoms with Crippen molar-refractivity contribution >= 4 is 17.3 Å². The maximum absolute atomic E-state index is 11.1. The van der Waals surface area contributed by atoms with Gasteiger partial charge in [0.1, 0.15) is 0 Å². The summed E-state index contributed by atoms with van der Waals surface area (Å²) in [5, 5.41) is 16.6. The van der Waals surface area contributed by atoms with Crippen molar-refractivity contribution in [3.63, 3.8) is 0 Å². The molecule has 1 aromatic carbocycles. The lowest BCUT2D eigenvalue weighted by Gasteiger charge is -2.09. The van der Waals surface area contributed by atoms with Gasteiger partial charge in [-0.25, -0.2) is 14.3 Å². The first-order chi connectivity index (χ1) is 10.1. The zero-order valence-corrected chi connectivity index (χ0v) is 11.4. The fourth-order valence-electron chi connectivity index (χ4n) is 2.15. The van der Waals surface area contributed by atoms with Crippen molar-refractivity contribution in [2.45, 2.75) is 13.5 Å². The number of carbonyl (C=O) groups is 1. The first-order valence-corrected chi connectivity index (χ1v) is 6.50. The zero-order chi connectivity index (χ0) is 14.8. The summed E-state index contributed by atoms with van der Waals surface area (Å²) in [6, 6.07) is 8.72. The quantitative estimate of drug-likeness (QED) is 0.768. The molecule has 6 heteroatoms. The summed E-state index contributed by atoms with van der Waals surface area (Å²) in [5.74, 6) is -0.950. The van der Waals surface area contributed by atoms with Gasteiger partial charge in [0.15, 0.2) is 5.65 Å². The summed E-state index contributed by atoms with van der Waals surface area (Å²) < 4.78 is 1.72. The van der Waals surface area contributed by atoms with Gasteiger partial charge < -0.3 is 10.4 Å². The number of anilines is 1. The van der Waals surface area contributed by atoms with E-state index >= 15 is 0 Å². The van der Waals surface area contributed by atoms with Crippen molar-refractivity contribution in [1.82, 2.24) is 14.6 Å². The van der Waals surface area contributed by atoms with Gasteiger partial charge >= 0.3 is 5.97 Å². The normalized spacial score (nSPS) is 10.7. The van der Waals surface area contributed by atoms with Gasteiger partial charge in [0, 0.05) is 36.3 Å². The van der Waals surface area contributed by atoms with Crippen molar-refractivity contribution in [2.24, 2.45) is 0 Å². The second-order valence-corrected chi connectivity index (χ2v) is 4.75. The topological polar surface area (TPSA) is 79.5 Å². The smallest absolute Gasteiger partial charge is 0.337 e. The van der Waals surface area contributed by atoms with Crippen LogP contribution in [0.2, 0.25) is 0 Å². The van der Waals surface area contributed by atoms with Gasteiger partial charge in [-0.2, -0.15) is 5.10 Å². The van der Waals surface area contributed by atoms with Crippen LogP contribution in [0.5, 0.6) is 0 Å². The summed E-state index contributed by atoms with van der Waals surface area (Å²) in [6.45, 7) is 2.39. The van der Waals surface area contributed by atoms with Crippen LogP contribution in [-0.4, -0.2) is 25.7 Å². The van der Waals surface area contributed by atoms with Crippen LogP contribution in [0, 0.1) is 6.92 Å². The molecule has 0 aliphatic heterocycles. The summed E-state index contributed by atoms with van der Waals surface area (Å²) in [6.07, 6.45) is 3.64. The molecule has 2 aromatic heterocycles. The van der Waals surface area contributed by atoms with Crippen molar-refractivity contribution < 1.29 is 9.90 Å². The minimum absolute atomic E-state index is 0.251. The van der Waals surface area contributed by atoms with Crippen LogP contribution in [0.1, 0.15) is 21.6 Å². The molecule has 2 heterocycles. The highest BCUT2D eigenvalue weighted by Crippen LogP contribution is 2.16. The Morgan fingerprint density at radius 3 is 3.00 bits per heavy atom. The number of carboxylic acid groups (broad SMARTS) is 1. The summed E-state index contributed by atoms with van der Waals surface area (Å²) in [4.78, 5) is 15.5. The third-order valence-corrected chi connectivity index (χ3v) is 3.13. The Balaban J connectivity index is 1.81. The molecule has 0 saturated carbocycles. The predicted octanol–water partition coefficient (Wildman–Crippen LogP) is 2.35. The third-order valence-electron chi connectivity index (χ3n) is 3.13. The molecule has 0 atom stereocenters. The molecule has 0 bridgehead atoms. The van der Waals surface area contributed by atoms with Gasteiger partial charge in [0.2, 0.25) is 0 Å². The van der Waals surface area contributed by atoms with E-state index in [9.17, 15) is 4.79 Å². The average Bonchev–Trinajstić information content (AvgIpc) is 2.84. The van der Waals surface area contributed by atoms with Gasteiger partial charge in [0.25, 0.3) is 0 Å². The van der Waals surface area contributed by atoms with E-state index in [4.69, 9.17) is 5.11 Å². The molecule has 0 radical (unpaired) electrons. The van der Waals surface area contributed by atoms with Crippen LogP contribution in [0.4, 0.5) is 5.69 Å². The number of hydrogen-bond donors (Lipinski definition) is 2. The fraction of sp³-hybridized carbons (Fsp3) is 0.133. The lowest BCUT2D eigenvalue weighted by atomic mass is 10.1. The number of aryl methyl sites for hydroxylation is 1. The van der Waals surface area contributed by atoms with Crippen LogP contribution < -0.4 is 5.32 Å². The van der Waals surface area contributed by atoms with Gasteiger partial charge in [-0.15, -0.1) is 0 Å². The molecule has 3 rings (SSSR count). The molecule has 0 aliphatic carbocycles. The summed E-state index contributed by atoms with van der Waals surface area (Å²) in [5.41, 5.74) is 3.46. The lowest BCUT2D eigenvalue weighted by Crippen LogP contribution is -2.07. The van der Waals surface area contributed by atoms with E-state index < -0.39 is 5.97 Å². The van der Waals surface area contributed by atoms with Crippen molar-refractivity contribution in [2.75, 3.05) is 5.32 Å². The number of aromatic nitrogens is 3. The predicted molar refractivity (Wildman–Crippen MR) is 78.5 cm³/mol. The van der Waals surface area contributed by atoms with E-state index in [1.807, 2.05) is 19.2 Å². The molecule has 3 aromatic rings. The highest BCUT2D eigenvalue weighted by molar-refractivity contribution is 5.94. The Bertz CT molecular complexity index is 810. The van der Waals surface area contributed by atoms with Gasteiger partial charge in [-0.05, 0) is 19.1 Å². The second kappa shape index (κ2) is 5.24. The van der Waals surface area contributed by atoms with E-state index in [2.05, 4.69) is 15.4 Å². The number of benzene rings is 1. The number of rotatable bonds is 4. The van der Waals surface area contributed by atoms with Crippen LogP contribution in [0.15, 0.2) is 42.7 Å². The zero-order valence-electron chi connectivity index (χ0n) is 11.4. The molecule has 0 unspecified atom stereocenters. The number of hydrogen-bond acceptors (Lipinski definition) is 4. The van der Waals surface area contributed by atoms with E-state index in [1.165, 1.54) is 0 Å². The Kier molecular flexibility index (Phi) is 3.27. The number of fused-ring (bicyclic) bond motifs is 1. The molecule has 0 fully saturated rings. The Hall–Kier alpha value is -2.89. The van der Waals surface area contributed by atoms with Gasteiger partial charge in [-0.3, -0.25) is 0 Å². The standard InChI is InChI=1S/C15H14N4O2/c1-10-6-14-17-8-11(9-19(14)18-10)7-16-13-5-3-2-4-12(13)15(20)21/h2-6,8-9,16H,7H2,1H3,(H,20,21). The molecule has 2 N–H and O–H groups in total. The minimum Gasteiger partial charge on any atom is -0.478 e. The minimum atomic E-state index is -0.950. The monoisotopic (exact) mass is 282 g/mol. The molecule has 6 nitrogen and oxygen atoms in total. The number of carboxylic acids is 1. The van der Waals surface area contributed by atoms with Crippen LogP contribution >= 0.6 is 0 Å². The van der Waals surface area contributed by atoms with Crippen molar-refractivity contribution in [1.29, 1.82) is 0 Å². The van der Waals surface area contributed by atoms with Crippen LogP contribution in [0.25, 0.3) is 5.65 Å². The molecular weight excluding hydrogens is 268 g/mol. The SMILES string of the molecule is Cc1cc2ncc(CNc3ccccc3C(=O)O)cn2n1. The molecule has 0 aliphatic rings. The molecule has 0 saturated heterocycles. The van der Waals surface area contributed by atoms with Crippen molar-refractivity contribution in [3.05, 3.63) is 59.5 Å². The highest BCUT2D eigenvalue weighted by atomic mass is 16.4. The number of para-hydroxylation sites is 1. The number of nitrogens with one attached hydrogen (secondary N) is 1. The Morgan fingerprint density at radius 2 is 2.19 bits per heavy atom. The molecule has 21 heavy (non-hydrogen) atoms. The van der Waals surface area contributed by atoms with Crippen LogP contribution in [-0.2, 0) is 6.54 Å². The van der Waals surface area contributed by atoms with Crippen molar-refractivity contribution in [3.8, 4) is 0 Å². The Labute approximate surface area is 121 Å². The maximum atomic E-state index is 11.1. The highest BCUT2D eigenvalue weighted by Gasteiger charge is 2.08. The van der Waals surface area contributed by atoms with E-state index in [0.29, 0.717) is 12.2 Å². The van der Waals surface area contributed by atoms with E-state index in [1.54, 1.807) is 35.0 Å². The average molecular weight is 282 g/mol. The second-order valence-electron chi connectivity index (χ2n) is 4.75. The maximum Gasteiger partial charge on any atom is 0.337 e. The third kappa shape index (κ3) is 2.69. The summed E-state index contributed by atoms with van der Waals surface area (Å²) >= 11 is 0. The summed E-state index contributed by atoms with van der Waals surface area (Å²) in [7, 11) is 0. The lowest BCUT2D eigenvalue weighted by molar-refractivity contribution is 0.0698. The molecular formula is C15H14N4O2.